The van der Waals surface area contributed by atoms with Gasteiger partial charge in [-0.05, 0) is 38.8 Å². The number of halogens is 1. The molecular formula is C20H24BrN3O3S. The summed E-state index contributed by atoms with van der Waals surface area (Å²) in [5, 5.41) is 3.48. The van der Waals surface area contributed by atoms with E-state index in [1.807, 2.05) is 45.0 Å². The first-order valence-electron chi connectivity index (χ1n) is 9.21. The number of hydrogen-bond acceptors (Lipinski definition) is 5. The Bertz CT molecular complexity index is 876. The molecule has 0 saturated carbocycles. The lowest BCUT2D eigenvalue weighted by atomic mass is 10.1. The van der Waals surface area contributed by atoms with E-state index >= 15 is 0 Å². The van der Waals surface area contributed by atoms with Crippen LogP contribution in [0.15, 0.2) is 28.7 Å². The molecule has 0 aliphatic carbocycles. The van der Waals surface area contributed by atoms with Gasteiger partial charge in [-0.2, -0.15) is 0 Å². The SMILES string of the molecule is CC(C)(C)OC(=O)N1CCc2nc(NC(=O)CCc3ccccc3Br)sc2C1. The summed E-state index contributed by atoms with van der Waals surface area (Å²) in [6.45, 7) is 6.60. The number of anilines is 1. The summed E-state index contributed by atoms with van der Waals surface area (Å²) in [5.41, 5.74) is 1.53. The van der Waals surface area contributed by atoms with E-state index < -0.39 is 5.60 Å². The van der Waals surface area contributed by atoms with E-state index in [2.05, 4.69) is 26.2 Å². The van der Waals surface area contributed by atoms with Crippen molar-refractivity contribution in [3.05, 3.63) is 44.9 Å². The Morgan fingerprint density at radius 3 is 2.79 bits per heavy atom. The van der Waals surface area contributed by atoms with E-state index in [1.54, 1.807) is 4.90 Å². The summed E-state index contributed by atoms with van der Waals surface area (Å²) in [4.78, 5) is 31.8. The van der Waals surface area contributed by atoms with Crippen molar-refractivity contribution in [1.82, 2.24) is 9.88 Å². The molecule has 0 spiro atoms. The van der Waals surface area contributed by atoms with Gasteiger partial charge in [-0.25, -0.2) is 9.78 Å². The van der Waals surface area contributed by atoms with E-state index in [1.165, 1.54) is 11.3 Å². The Labute approximate surface area is 177 Å². The number of fused-ring (bicyclic) bond motifs is 1. The molecule has 150 valence electrons. The number of aryl methyl sites for hydroxylation is 1. The number of nitrogens with zero attached hydrogens (tertiary/aromatic N) is 2. The predicted octanol–water partition coefficient (Wildman–Crippen LogP) is 4.77. The fourth-order valence-corrected chi connectivity index (χ4v) is 4.39. The molecule has 1 aliphatic heterocycles. The molecule has 3 rings (SSSR count). The summed E-state index contributed by atoms with van der Waals surface area (Å²) in [6, 6.07) is 7.89. The molecular weight excluding hydrogens is 442 g/mol. The molecule has 28 heavy (non-hydrogen) atoms. The first-order valence-corrected chi connectivity index (χ1v) is 10.8. The largest absolute Gasteiger partial charge is 0.444 e. The Morgan fingerprint density at radius 2 is 2.07 bits per heavy atom. The Morgan fingerprint density at radius 1 is 1.32 bits per heavy atom. The minimum Gasteiger partial charge on any atom is -0.444 e. The van der Waals surface area contributed by atoms with Gasteiger partial charge in [0.05, 0.1) is 12.2 Å². The maximum absolute atomic E-state index is 12.3. The minimum atomic E-state index is -0.516. The van der Waals surface area contributed by atoms with Crippen molar-refractivity contribution in [2.45, 2.75) is 52.2 Å². The standard InChI is InChI=1S/C20H24BrN3O3S/c1-20(2,3)27-19(26)24-11-10-15-16(12-24)28-18(22-15)23-17(25)9-8-13-6-4-5-7-14(13)21/h4-7H,8-12H2,1-3H3,(H,22,23,25). The van der Waals surface area contributed by atoms with Crippen molar-refractivity contribution in [2.75, 3.05) is 11.9 Å². The highest BCUT2D eigenvalue weighted by atomic mass is 79.9. The number of aromatic nitrogens is 1. The molecule has 0 atom stereocenters. The normalized spacial score (nSPS) is 13.8. The Hall–Kier alpha value is -1.93. The van der Waals surface area contributed by atoms with Gasteiger partial charge < -0.3 is 15.0 Å². The van der Waals surface area contributed by atoms with Crippen molar-refractivity contribution >= 4 is 44.4 Å². The number of rotatable bonds is 4. The predicted molar refractivity (Wildman–Crippen MR) is 114 cm³/mol. The fourth-order valence-electron chi connectivity index (χ4n) is 2.86. The van der Waals surface area contributed by atoms with Crippen LogP contribution in [-0.4, -0.2) is 34.0 Å². The van der Waals surface area contributed by atoms with E-state index in [0.717, 1.165) is 20.6 Å². The van der Waals surface area contributed by atoms with E-state index in [0.29, 0.717) is 37.5 Å². The van der Waals surface area contributed by atoms with Gasteiger partial charge in [0, 0.05) is 28.7 Å². The number of hydrogen-bond donors (Lipinski definition) is 1. The van der Waals surface area contributed by atoms with Crippen LogP contribution in [0.2, 0.25) is 0 Å². The van der Waals surface area contributed by atoms with Gasteiger partial charge in [-0.15, -0.1) is 0 Å². The quantitative estimate of drug-likeness (QED) is 0.705. The number of carbonyl (C=O) groups excluding carboxylic acids is 2. The molecule has 1 aromatic heterocycles. The van der Waals surface area contributed by atoms with Crippen molar-refractivity contribution in [3.63, 3.8) is 0 Å². The van der Waals surface area contributed by atoms with Gasteiger partial charge in [0.15, 0.2) is 5.13 Å². The van der Waals surface area contributed by atoms with Crippen LogP contribution in [0.25, 0.3) is 0 Å². The van der Waals surface area contributed by atoms with Crippen LogP contribution in [0, 0.1) is 0 Å². The second-order valence-corrected chi connectivity index (χ2v) is 9.62. The highest BCUT2D eigenvalue weighted by molar-refractivity contribution is 9.10. The number of thiazole rings is 1. The molecule has 1 N–H and O–H groups in total. The van der Waals surface area contributed by atoms with Gasteiger partial charge in [-0.3, -0.25) is 4.79 Å². The molecule has 2 aromatic rings. The maximum atomic E-state index is 12.3. The minimum absolute atomic E-state index is 0.0640. The lowest BCUT2D eigenvalue weighted by Gasteiger charge is -2.29. The zero-order valence-electron chi connectivity index (χ0n) is 16.3. The number of nitrogens with one attached hydrogen (secondary N) is 1. The zero-order valence-corrected chi connectivity index (χ0v) is 18.7. The van der Waals surface area contributed by atoms with Crippen molar-refractivity contribution in [3.8, 4) is 0 Å². The molecule has 0 unspecified atom stereocenters. The number of amides is 2. The second-order valence-electron chi connectivity index (χ2n) is 7.68. The summed E-state index contributed by atoms with van der Waals surface area (Å²) in [7, 11) is 0. The number of ether oxygens (including phenoxy) is 1. The van der Waals surface area contributed by atoms with Crippen LogP contribution in [0.5, 0.6) is 0 Å². The summed E-state index contributed by atoms with van der Waals surface area (Å²) < 4.78 is 6.45. The molecule has 0 radical (unpaired) electrons. The van der Waals surface area contributed by atoms with Gasteiger partial charge in [0.25, 0.3) is 0 Å². The maximum Gasteiger partial charge on any atom is 0.410 e. The molecule has 8 heteroatoms. The molecule has 2 heterocycles. The average Bonchev–Trinajstić information content (AvgIpc) is 3.00. The lowest BCUT2D eigenvalue weighted by Crippen LogP contribution is -2.39. The molecule has 0 fully saturated rings. The van der Waals surface area contributed by atoms with Gasteiger partial charge >= 0.3 is 6.09 Å². The Kier molecular flexibility index (Phi) is 6.40. The van der Waals surface area contributed by atoms with Crippen LogP contribution in [0.3, 0.4) is 0 Å². The molecule has 0 bridgehead atoms. The van der Waals surface area contributed by atoms with E-state index in [9.17, 15) is 9.59 Å². The van der Waals surface area contributed by atoms with Crippen LogP contribution in [-0.2, 0) is 28.9 Å². The molecule has 2 amide bonds. The third kappa shape index (κ3) is 5.54. The van der Waals surface area contributed by atoms with E-state index in [-0.39, 0.29) is 12.0 Å². The van der Waals surface area contributed by atoms with Crippen LogP contribution < -0.4 is 5.32 Å². The number of carbonyl (C=O) groups is 2. The first kappa shape index (κ1) is 20.8. The highest BCUT2D eigenvalue weighted by Crippen LogP contribution is 2.29. The smallest absolute Gasteiger partial charge is 0.410 e. The molecule has 1 aliphatic rings. The summed E-state index contributed by atoms with van der Waals surface area (Å²) in [5.74, 6) is -0.0640. The lowest BCUT2D eigenvalue weighted by molar-refractivity contribution is -0.116. The third-order valence-electron chi connectivity index (χ3n) is 4.21. The third-order valence-corrected chi connectivity index (χ3v) is 5.98. The van der Waals surface area contributed by atoms with Crippen LogP contribution in [0.1, 0.15) is 43.3 Å². The fraction of sp³-hybridized carbons (Fsp3) is 0.450. The van der Waals surface area contributed by atoms with Gasteiger partial charge in [0.2, 0.25) is 5.91 Å². The zero-order chi connectivity index (χ0) is 20.3. The Balaban J connectivity index is 1.56. The molecule has 1 aromatic carbocycles. The first-order chi connectivity index (χ1) is 13.2. The monoisotopic (exact) mass is 465 g/mol. The topological polar surface area (TPSA) is 71.5 Å². The van der Waals surface area contributed by atoms with Crippen LogP contribution in [0.4, 0.5) is 9.93 Å². The van der Waals surface area contributed by atoms with Crippen molar-refractivity contribution in [2.24, 2.45) is 0 Å². The van der Waals surface area contributed by atoms with Crippen molar-refractivity contribution in [1.29, 1.82) is 0 Å². The summed E-state index contributed by atoms with van der Waals surface area (Å²) >= 11 is 4.93. The van der Waals surface area contributed by atoms with E-state index in [4.69, 9.17) is 4.74 Å². The molecule has 0 saturated heterocycles. The molecule has 6 nitrogen and oxygen atoms in total. The second kappa shape index (κ2) is 8.61. The highest BCUT2D eigenvalue weighted by Gasteiger charge is 2.28. The van der Waals surface area contributed by atoms with Crippen LogP contribution >= 0.6 is 27.3 Å². The number of benzene rings is 1. The van der Waals surface area contributed by atoms with Gasteiger partial charge in [0.1, 0.15) is 5.60 Å². The van der Waals surface area contributed by atoms with Crippen molar-refractivity contribution < 1.29 is 14.3 Å². The average molecular weight is 466 g/mol. The van der Waals surface area contributed by atoms with Gasteiger partial charge in [-0.1, -0.05) is 45.5 Å². The summed E-state index contributed by atoms with van der Waals surface area (Å²) in [6.07, 6.45) is 1.39.